The Bertz CT molecular complexity index is 634. The second kappa shape index (κ2) is 5.44. The van der Waals surface area contributed by atoms with Crippen LogP contribution < -0.4 is 0 Å². The van der Waals surface area contributed by atoms with Gasteiger partial charge in [0.25, 0.3) is 0 Å². The van der Waals surface area contributed by atoms with Gasteiger partial charge < -0.3 is 0 Å². The highest BCUT2D eigenvalue weighted by Crippen LogP contribution is 2.43. The van der Waals surface area contributed by atoms with Crippen molar-refractivity contribution < 1.29 is 9.18 Å². The normalized spacial score (nSPS) is 16.9. The van der Waals surface area contributed by atoms with E-state index < -0.39 is 5.41 Å². The standard InChI is InChI=1S/C19H19FO/c1-14-11-15(13-17(20)12-14)18(21)19(9-5-6-10-19)16-7-3-2-4-8-16/h2-4,7-8,11-13H,5-6,9-10H2,1H3. The molecule has 21 heavy (non-hydrogen) atoms. The van der Waals surface area contributed by atoms with Gasteiger partial charge in [-0.3, -0.25) is 4.79 Å². The minimum absolute atomic E-state index is 0.0637. The predicted octanol–water partition coefficient (Wildman–Crippen LogP) is 4.83. The molecule has 1 saturated carbocycles. The monoisotopic (exact) mass is 282 g/mol. The van der Waals surface area contributed by atoms with Gasteiger partial charge in [0, 0.05) is 5.56 Å². The lowest BCUT2D eigenvalue weighted by molar-refractivity contribution is 0.0885. The fourth-order valence-corrected chi connectivity index (χ4v) is 3.53. The third-order valence-electron chi connectivity index (χ3n) is 4.52. The largest absolute Gasteiger partial charge is 0.293 e. The number of halogens is 1. The number of ketones is 1. The Kier molecular flexibility index (Phi) is 3.62. The molecule has 0 atom stereocenters. The Morgan fingerprint density at radius 1 is 1.05 bits per heavy atom. The molecular weight excluding hydrogens is 263 g/mol. The molecule has 0 unspecified atom stereocenters. The molecule has 1 fully saturated rings. The molecule has 2 heteroatoms. The first-order valence-electron chi connectivity index (χ1n) is 7.49. The molecule has 3 rings (SSSR count). The lowest BCUT2D eigenvalue weighted by Crippen LogP contribution is -2.33. The summed E-state index contributed by atoms with van der Waals surface area (Å²) in [6.45, 7) is 1.82. The minimum atomic E-state index is -0.471. The zero-order valence-electron chi connectivity index (χ0n) is 12.2. The van der Waals surface area contributed by atoms with E-state index in [-0.39, 0.29) is 11.6 Å². The van der Waals surface area contributed by atoms with Gasteiger partial charge in [0.2, 0.25) is 0 Å². The van der Waals surface area contributed by atoms with E-state index in [2.05, 4.69) is 0 Å². The van der Waals surface area contributed by atoms with Crippen molar-refractivity contribution in [1.29, 1.82) is 0 Å². The van der Waals surface area contributed by atoms with Crippen LogP contribution in [0.4, 0.5) is 4.39 Å². The Morgan fingerprint density at radius 2 is 1.71 bits per heavy atom. The molecule has 0 saturated heterocycles. The van der Waals surface area contributed by atoms with Crippen molar-refractivity contribution >= 4 is 5.78 Å². The third-order valence-corrected chi connectivity index (χ3v) is 4.52. The number of aryl methyl sites for hydroxylation is 1. The molecule has 1 aliphatic carbocycles. The molecule has 2 aromatic rings. The van der Waals surface area contributed by atoms with E-state index in [4.69, 9.17) is 0 Å². The summed E-state index contributed by atoms with van der Waals surface area (Å²) in [6, 6.07) is 14.6. The van der Waals surface area contributed by atoms with Gasteiger partial charge in [-0.1, -0.05) is 43.2 Å². The molecule has 2 aromatic carbocycles. The Labute approximate surface area is 124 Å². The van der Waals surface area contributed by atoms with E-state index in [1.54, 1.807) is 6.07 Å². The van der Waals surface area contributed by atoms with Gasteiger partial charge >= 0.3 is 0 Å². The van der Waals surface area contributed by atoms with Gasteiger partial charge in [-0.15, -0.1) is 0 Å². The van der Waals surface area contributed by atoms with Crippen molar-refractivity contribution in [3.8, 4) is 0 Å². The van der Waals surface area contributed by atoms with Crippen LogP contribution in [0.15, 0.2) is 48.5 Å². The quantitative estimate of drug-likeness (QED) is 0.737. The van der Waals surface area contributed by atoms with Crippen molar-refractivity contribution in [3.63, 3.8) is 0 Å². The van der Waals surface area contributed by atoms with E-state index in [9.17, 15) is 9.18 Å². The Hall–Kier alpha value is -1.96. The summed E-state index contributed by atoms with van der Waals surface area (Å²) in [6.07, 6.45) is 3.81. The number of Topliss-reactive ketones (excluding diaryl/α,β-unsaturated/α-hetero) is 1. The predicted molar refractivity (Wildman–Crippen MR) is 82.1 cm³/mol. The molecular formula is C19H19FO. The maximum Gasteiger partial charge on any atom is 0.173 e. The SMILES string of the molecule is Cc1cc(F)cc(C(=O)C2(c3ccccc3)CCCC2)c1. The average Bonchev–Trinajstić information content (AvgIpc) is 2.97. The minimum Gasteiger partial charge on any atom is -0.293 e. The van der Waals surface area contributed by atoms with Gasteiger partial charge in [-0.05, 0) is 49.1 Å². The second-order valence-corrected chi connectivity index (χ2v) is 6.00. The molecule has 0 amide bonds. The smallest absolute Gasteiger partial charge is 0.173 e. The summed E-state index contributed by atoms with van der Waals surface area (Å²) in [5.74, 6) is -0.270. The first-order chi connectivity index (χ1) is 10.1. The van der Waals surface area contributed by atoms with Crippen molar-refractivity contribution in [2.75, 3.05) is 0 Å². The van der Waals surface area contributed by atoms with Crippen LogP contribution in [0.2, 0.25) is 0 Å². The summed E-state index contributed by atoms with van der Waals surface area (Å²) in [5.41, 5.74) is 1.88. The van der Waals surface area contributed by atoms with Crippen LogP contribution in [-0.4, -0.2) is 5.78 Å². The summed E-state index contributed by atoms with van der Waals surface area (Å²) < 4.78 is 13.7. The van der Waals surface area contributed by atoms with Crippen molar-refractivity contribution in [2.24, 2.45) is 0 Å². The fourth-order valence-electron chi connectivity index (χ4n) is 3.53. The maximum atomic E-state index is 13.7. The number of carbonyl (C=O) groups excluding carboxylic acids is 1. The highest BCUT2D eigenvalue weighted by atomic mass is 19.1. The van der Waals surface area contributed by atoms with Crippen LogP contribution in [0.25, 0.3) is 0 Å². The molecule has 1 aliphatic rings. The molecule has 0 radical (unpaired) electrons. The first-order valence-corrected chi connectivity index (χ1v) is 7.49. The topological polar surface area (TPSA) is 17.1 Å². The van der Waals surface area contributed by atoms with Gasteiger partial charge in [0.15, 0.2) is 5.78 Å². The lowest BCUT2D eigenvalue weighted by Gasteiger charge is -2.28. The van der Waals surface area contributed by atoms with Gasteiger partial charge in [-0.2, -0.15) is 0 Å². The molecule has 1 nitrogen and oxygen atoms in total. The Morgan fingerprint density at radius 3 is 2.33 bits per heavy atom. The lowest BCUT2D eigenvalue weighted by atomic mass is 9.73. The zero-order valence-corrected chi connectivity index (χ0v) is 12.2. The zero-order chi connectivity index (χ0) is 14.9. The van der Waals surface area contributed by atoms with Crippen LogP contribution in [0.3, 0.4) is 0 Å². The number of hydrogen-bond donors (Lipinski definition) is 0. The van der Waals surface area contributed by atoms with Crippen LogP contribution in [0.1, 0.15) is 47.2 Å². The first kappa shape index (κ1) is 14.0. The Balaban J connectivity index is 2.07. The van der Waals surface area contributed by atoms with Crippen LogP contribution in [0.5, 0.6) is 0 Å². The second-order valence-electron chi connectivity index (χ2n) is 6.00. The van der Waals surface area contributed by atoms with Gasteiger partial charge in [-0.25, -0.2) is 4.39 Å². The molecule has 0 aliphatic heterocycles. The molecule has 0 spiro atoms. The van der Waals surface area contributed by atoms with Crippen LogP contribution >= 0.6 is 0 Å². The molecule has 0 N–H and O–H groups in total. The molecule has 0 heterocycles. The number of hydrogen-bond acceptors (Lipinski definition) is 1. The highest BCUT2D eigenvalue weighted by molar-refractivity contribution is 6.04. The number of carbonyl (C=O) groups is 1. The van der Waals surface area contributed by atoms with E-state index in [0.29, 0.717) is 5.56 Å². The summed E-state index contributed by atoms with van der Waals surface area (Å²) in [5, 5.41) is 0. The number of rotatable bonds is 3. The van der Waals surface area contributed by atoms with E-state index in [1.807, 2.05) is 37.3 Å². The van der Waals surface area contributed by atoms with E-state index >= 15 is 0 Å². The van der Waals surface area contributed by atoms with E-state index in [0.717, 1.165) is 36.8 Å². The molecule has 0 aromatic heterocycles. The van der Waals surface area contributed by atoms with Crippen LogP contribution in [0, 0.1) is 12.7 Å². The highest BCUT2D eigenvalue weighted by Gasteiger charge is 2.42. The van der Waals surface area contributed by atoms with Crippen molar-refractivity contribution in [1.82, 2.24) is 0 Å². The van der Waals surface area contributed by atoms with Gasteiger partial charge in [0.05, 0.1) is 5.41 Å². The summed E-state index contributed by atoms with van der Waals surface area (Å²) in [7, 11) is 0. The van der Waals surface area contributed by atoms with Gasteiger partial charge in [0.1, 0.15) is 5.82 Å². The summed E-state index contributed by atoms with van der Waals surface area (Å²) >= 11 is 0. The average molecular weight is 282 g/mol. The maximum absolute atomic E-state index is 13.7. The van der Waals surface area contributed by atoms with Crippen LogP contribution in [-0.2, 0) is 5.41 Å². The van der Waals surface area contributed by atoms with E-state index in [1.165, 1.54) is 12.1 Å². The molecule has 108 valence electrons. The fraction of sp³-hybridized carbons (Fsp3) is 0.316. The summed E-state index contributed by atoms with van der Waals surface area (Å²) in [4.78, 5) is 13.1. The molecule has 0 bridgehead atoms. The van der Waals surface area contributed by atoms with Crippen molar-refractivity contribution in [3.05, 3.63) is 71.0 Å². The third kappa shape index (κ3) is 2.51. The van der Waals surface area contributed by atoms with Crippen molar-refractivity contribution in [2.45, 2.75) is 38.0 Å². The number of benzene rings is 2.